The molecule has 1 fully saturated rings. The summed E-state index contributed by atoms with van der Waals surface area (Å²) in [5, 5.41) is 12.4. The summed E-state index contributed by atoms with van der Waals surface area (Å²) in [5.74, 6) is 0.843. The van der Waals surface area contributed by atoms with Crippen LogP contribution in [0.4, 0.5) is 0 Å². The fourth-order valence-electron chi connectivity index (χ4n) is 4.85. The standard InChI is InChI=1S/C27H29N3O2/c1-28-15-17-29(18-16-28)26(21-11-8-12-22(19-21)32-2)25-23-13-6-7-14-24(23)30(31)27(25)20-9-4-3-5-10-20/h3-14,19,26,31H,15-18H2,1-2H3/t26-/m1/s1. The molecule has 1 saturated heterocycles. The number of ether oxygens (including phenoxy) is 1. The molecule has 2 heterocycles. The maximum absolute atomic E-state index is 11.3. The van der Waals surface area contributed by atoms with Crippen molar-refractivity contribution in [3.63, 3.8) is 0 Å². The van der Waals surface area contributed by atoms with Crippen molar-refractivity contribution >= 4 is 10.9 Å². The van der Waals surface area contributed by atoms with E-state index < -0.39 is 0 Å². The monoisotopic (exact) mass is 427 g/mol. The van der Waals surface area contributed by atoms with Crippen molar-refractivity contribution in [2.24, 2.45) is 0 Å². The lowest BCUT2D eigenvalue weighted by Gasteiger charge is -2.38. The largest absolute Gasteiger partial charge is 0.497 e. The van der Waals surface area contributed by atoms with Crippen LogP contribution in [-0.4, -0.2) is 60.1 Å². The lowest BCUT2D eigenvalue weighted by atomic mass is 9.91. The molecule has 32 heavy (non-hydrogen) atoms. The van der Waals surface area contributed by atoms with Gasteiger partial charge in [-0.25, -0.2) is 0 Å². The molecule has 0 saturated carbocycles. The van der Waals surface area contributed by atoms with Crippen LogP contribution in [0.1, 0.15) is 17.2 Å². The number of rotatable bonds is 5. The predicted octanol–water partition coefficient (Wildman–Crippen LogP) is 4.89. The number of fused-ring (bicyclic) bond motifs is 1. The van der Waals surface area contributed by atoms with E-state index in [1.165, 1.54) is 10.3 Å². The molecular formula is C27H29N3O2. The molecule has 0 unspecified atom stereocenters. The fourth-order valence-corrected chi connectivity index (χ4v) is 4.85. The van der Waals surface area contributed by atoms with Crippen molar-refractivity contribution in [3.8, 4) is 17.0 Å². The van der Waals surface area contributed by atoms with Gasteiger partial charge in [-0.05, 0) is 30.8 Å². The average molecular weight is 428 g/mol. The summed E-state index contributed by atoms with van der Waals surface area (Å²) < 4.78 is 6.94. The first-order valence-corrected chi connectivity index (χ1v) is 11.1. The Bertz CT molecular complexity index is 1210. The van der Waals surface area contributed by atoms with Crippen LogP contribution < -0.4 is 4.74 Å². The van der Waals surface area contributed by atoms with Crippen LogP contribution in [0.15, 0.2) is 78.9 Å². The predicted molar refractivity (Wildman–Crippen MR) is 128 cm³/mol. The van der Waals surface area contributed by atoms with Crippen LogP contribution in [0.5, 0.6) is 5.75 Å². The molecule has 0 radical (unpaired) electrons. The molecule has 1 N–H and O–H groups in total. The Morgan fingerprint density at radius 1 is 0.844 bits per heavy atom. The number of likely N-dealkylation sites (N-methyl/N-ethyl adjacent to an activating group) is 1. The topological polar surface area (TPSA) is 40.9 Å². The summed E-state index contributed by atoms with van der Waals surface area (Å²) in [6.45, 7) is 3.94. The molecule has 1 aliphatic heterocycles. The lowest BCUT2D eigenvalue weighted by molar-refractivity contribution is 0.127. The summed E-state index contributed by atoms with van der Waals surface area (Å²) in [4.78, 5) is 4.90. The zero-order valence-corrected chi connectivity index (χ0v) is 18.6. The number of benzene rings is 3. The number of hydrogen-bond donors (Lipinski definition) is 1. The minimum atomic E-state index is -0.00712. The molecule has 4 aromatic rings. The van der Waals surface area contributed by atoms with Gasteiger partial charge in [0.1, 0.15) is 5.75 Å². The van der Waals surface area contributed by atoms with Crippen LogP contribution in [0.2, 0.25) is 0 Å². The first-order chi connectivity index (χ1) is 15.7. The van der Waals surface area contributed by atoms with Crippen LogP contribution in [0.3, 0.4) is 0 Å². The second-order valence-electron chi connectivity index (χ2n) is 8.48. The highest BCUT2D eigenvalue weighted by Crippen LogP contribution is 2.42. The van der Waals surface area contributed by atoms with Gasteiger partial charge in [0.2, 0.25) is 0 Å². The molecule has 0 bridgehead atoms. The summed E-state index contributed by atoms with van der Waals surface area (Å²) >= 11 is 0. The quantitative estimate of drug-likeness (QED) is 0.461. The number of para-hydroxylation sites is 1. The van der Waals surface area contributed by atoms with Crippen molar-refractivity contribution in [1.29, 1.82) is 0 Å². The average Bonchev–Trinajstić information content (AvgIpc) is 3.13. The second kappa shape index (κ2) is 8.69. The van der Waals surface area contributed by atoms with E-state index in [0.29, 0.717) is 0 Å². The van der Waals surface area contributed by atoms with Crippen LogP contribution in [0.25, 0.3) is 22.2 Å². The van der Waals surface area contributed by atoms with Gasteiger partial charge in [-0.3, -0.25) is 4.90 Å². The number of piperazine rings is 1. The van der Waals surface area contributed by atoms with Crippen LogP contribution in [-0.2, 0) is 0 Å². The van der Waals surface area contributed by atoms with E-state index in [1.54, 1.807) is 7.11 Å². The third-order valence-corrected chi connectivity index (χ3v) is 6.52. The van der Waals surface area contributed by atoms with Gasteiger partial charge in [-0.2, -0.15) is 4.73 Å². The molecule has 5 rings (SSSR count). The first kappa shape index (κ1) is 20.6. The Morgan fingerprint density at radius 3 is 2.31 bits per heavy atom. The molecule has 1 aromatic heterocycles. The molecule has 5 nitrogen and oxygen atoms in total. The molecule has 0 spiro atoms. The number of methoxy groups -OCH3 is 1. The van der Waals surface area contributed by atoms with E-state index in [-0.39, 0.29) is 6.04 Å². The van der Waals surface area contributed by atoms with E-state index in [2.05, 4.69) is 53.2 Å². The minimum absolute atomic E-state index is 0.00712. The molecule has 5 heteroatoms. The van der Waals surface area contributed by atoms with Gasteiger partial charge in [0, 0.05) is 42.7 Å². The van der Waals surface area contributed by atoms with Crippen molar-refractivity contribution in [2.45, 2.75) is 6.04 Å². The van der Waals surface area contributed by atoms with E-state index >= 15 is 0 Å². The Morgan fingerprint density at radius 2 is 1.56 bits per heavy atom. The molecular weight excluding hydrogens is 398 g/mol. The summed E-state index contributed by atoms with van der Waals surface area (Å²) in [6, 6.07) is 26.6. The zero-order chi connectivity index (χ0) is 22.1. The van der Waals surface area contributed by atoms with Crippen molar-refractivity contribution in [1.82, 2.24) is 14.5 Å². The number of aromatic nitrogens is 1. The number of nitrogens with zero attached hydrogens (tertiary/aromatic N) is 3. The van der Waals surface area contributed by atoms with Gasteiger partial charge in [-0.1, -0.05) is 60.7 Å². The van der Waals surface area contributed by atoms with Crippen LogP contribution in [0, 0.1) is 0 Å². The lowest BCUT2D eigenvalue weighted by Crippen LogP contribution is -2.46. The van der Waals surface area contributed by atoms with Gasteiger partial charge in [0.25, 0.3) is 0 Å². The minimum Gasteiger partial charge on any atom is -0.497 e. The van der Waals surface area contributed by atoms with E-state index in [4.69, 9.17) is 4.74 Å². The molecule has 1 aliphatic rings. The zero-order valence-electron chi connectivity index (χ0n) is 18.6. The molecule has 0 aliphatic carbocycles. The van der Waals surface area contributed by atoms with E-state index in [0.717, 1.165) is 59.7 Å². The second-order valence-corrected chi connectivity index (χ2v) is 8.48. The molecule has 1 atom stereocenters. The SMILES string of the molecule is COc1cccc([C@H](c2c(-c3ccccc3)n(O)c3ccccc23)N2CCN(C)CC2)c1. The molecule has 164 valence electrons. The maximum Gasteiger partial charge on any atom is 0.119 e. The van der Waals surface area contributed by atoms with Crippen molar-refractivity contribution in [2.75, 3.05) is 40.3 Å². The third kappa shape index (κ3) is 3.64. The molecule has 3 aromatic carbocycles. The van der Waals surface area contributed by atoms with Gasteiger partial charge in [0.15, 0.2) is 0 Å². The first-order valence-electron chi connectivity index (χ1n) is 11.1. The molecule has 0 amide bonds. The van der Waals surface area contributed by atoms with E-state index in [1.807, 2.05) is 42.5 Å². The van der Waals surface area contributed by atoms with Gasteiger partial charge >= 0.3 is 0 Å². The smallest absolute Gasteiger partial charge is 0.119 e. The summed E-state index contributed by atoms with van der Waals surface area (Å²) in [7, 11) is 3.88. The Hall–Kier alpha value is -3.28. The van der Waals surface area contributed by atoms with Gasteiger partial charge < -0.3 is 14.8 Å². The highest BCUT2D eigenvalue weighted by molar-refractivity contribution is 5.92. The summed E-state index contributed by atoms with van der Waals surface area (Å²) in [5.41, 5.74) is 4.97. The van der Waals surface area contributed by atoms with Gasteiger partial charge in [-0.15, -0.1) is 0 Å². The number of hydrogen-bond acceptors (Lipinski definition) is 4. The Labute approximate surface area is 189 Å². The van der Waals surface area contributed by atoms with E-state index in [9.17, 15) is 5.21 Å². The highest BCUT2D eigenvalue weighted by Gasteiger charge is 2.32. The van der Waals surface area contributed by atoms with Crippen molar-refractivity contribution < 1.29 is 9.94 Å². The fraction of sp³-hybridized carbons (Fsp3) is 0.259. The highest BCUT2D eigenvalue weighted by atomic mass is 16.5. The Kier molecular flexibility index (Phi) is 5.60. The van der Waals surface area contributed by atoms with Gasteiger partial charge in [0.05, 0.1) is 24.4 Å². The van der Waals surface area contributed by atoms with Crippen LogP contribution >= 0.6 is 0 Å². The summed E-state index contributed by atoms with van der Waals surface area (Å²) in [6.07, 6.45) is 0. The van der Waals surface area contributed by atoms with Crippen molar-refractivity contribution in [3.05, 3.63) is 90.0 Å². The maximum atomic E-state index is 11.3. The third-order valence-electron chi connectivity index (χ3n) is 6.52. The normalized spacial score (nSPS) is 16.3. The Balaban J connectivity index is 1.78.